The van der Waals surface area contributed by atoms with Crippen LogP contribution in [0.15, 0.2) is 30.6 Å². The van der Waals surface area contributed by atoms with Gasteiger partial charge in [-0.1, -0.05) is 12.1 Å². The molecule has 0 fully saturated rings. The summed E-state index contributed by atoms with van der Waals surface area (Å²) in [6.45, 7) is 3.01. The van der Waals surface area contributed by atoms with Crippen LogP contribution < -0.4 is 16.4 Å². The van der Waals surface area contributed by atoms with Gasteiger partial charge in [-0.3, -0.25) is 0 Å². The van der Waals surface area contributed by atoms with Crippen molar-refractivity contribution >= 4 is 17.3 Å². The molecule has 1 atom stereocenters. The minimum Gasteiger partial charge on any atom is -0.393 e. The van der Waals surface area contributed by atoms with Gasteiger partial charge in [0.25, 0.3) is 0 Å². The number of methoxy groups -OCH3 is 1. The highest BCUT2D eigenvalue weighted by atomic mass is 19.1. The molecular weight excluding hydrogens is 285 g/mol. The van der Waals surface area contributed by atoms with Crippen molar-refractivity contribution in [2.24, 2.45) is 0 Å². The zero-order valence-electron chi connectivity index (χ0n) is 12.6. The maximum absolute atomic E-state index is 12.9. The molecule has 4 N–H and O–H groups in total. The summed E-state index contributed by atoms with van der Waals surface area (Å²) < 4.78 is 17.9. The molecule has 0 spiro atoms. The van der Waals surface area contributed by atoms with E-state index in [1.807, 2.05) is 6.92 Å². The number of hydrogen-bond donors (Lipinski definition) is 3. The van der Waals surface area contributed by atoms with Crippen LogP contribution in [0.2, 0.25) is 0 Å². The Labute approximate surface area is 128 Å². The van der Waals surface area contributed by atoms with Crippen LogP contribution in [0.25, 0.3) is 0 Å². The summed E-state index contributed by atoms with van der Waals surface area (Å²) >= 11 is 0. The molecule has 1 aromatic carbocycles. The topological polar surface area (TPSA) is 85.1 Å². The number of hydrogen-bond acceptors (Lipinski definition) is 6. The van der Waals surface area contributed by atoms with E-state index in [1.165, 1.54) is 18.5 Å². The molecule has 0 saturated carbocycles. The first-order valence-electron chi connectivity index (χ1n) is 6.94. The van der Waals surface area contributed by atoms with Gasteiger partial charge >= 0.3 is 0 Å². The van der Waals surface area contributed by atoms with Gasteiger partial charge in [0.15, 0.2) is 11.6 Å². The first kappa shape index (κ1) is 16.0. The SMILES string of the molecule is COCC(C)Nc1ncnc(NCc2ccc(F)cc2)c1N. The van der Waals surface area contributed by atoms with Gasteiger partial charge in [-0.25, -0.2) is 14.4 Å². The Balaban J connectivity index is 2.03. The Morgan fingerprint density at radius 3 is 2.59 bits per heavy atom. The highest BCUT2D eigenvalue weighted by Gasteiger charge is 2.10. The lowest BCUT2D eigenvalue weighted by molar-refractivity contribution is 0.190. The zero-order chi connectivity index (χ0) is 15.9. The molecule has 6 nitrogen and oxygen atoms in total. The van der Waals surface area contributed by atoms with Crippen LogP contribution >= 0.6 is 0 Å². The summed E-state index contributed by atoms with van der Waals surface area (Å²) in [4.78, 5) is 8.27. The van der Waals surface area contributed by atoms with Crippen molar-refractivity contribution in [2.45, 2.75) is 19.5 Å². The van der Waals surface area contributed by atoms with Crippen molar-refractivity contribution < 1.29 is 9.13 Å². The first-order valence-corrected chi connectivity index (χ1v) is 6.94. The largest absolute Gasteiger partial charge is 0.393 e. The summed E-state index contributed by atoms with van der Waals surface area (Å²) in [6.07, 6.45) is 1.44. The molecule has 22 heavy (non-hydrogen) atoms. The highest BCUT2D eigenvalue weighted by molar-refractivity contribution is 5.74. The summed E-state index contributed by atoms with van der Waals surface area (Å²) in [5, 5.41) is 6.29. The molecule has 7 heteroatoms. The van der Waals surface area contributed by atoms with Gasteiger partial charge in [0.2, 0.25) is 0 Å². The fourth-order valence-electron chi connectivity index (χ4n) is 1.96. The van der Waals surface area contributed by atoms with E-state index in [1.54, 1.807) is 19.2 Å². The third-order valence-electron chi connectivity index (χ3n) is 3.06. The van der Waals surface area contributed by atoms with Crippen molar-refractivity contribution in [3.63, 3.8) is 0 Å². The molecule has 2 rings (SSSR count). The van der Waals surface area contributed by atoms with Gasteiger partial charge in [-0.05, 0) is 24.6 Å². The normalized spacial score (nSPS) is 12.0. The van der Waals surface area contributed by atoms with E-state index >= 15 is 0 Å². The Bertz CT molecular complexity index is 605. The average molecular weight is 305 g/mol. The van der Waals surface area contributed by atoms with Crippen molar-refractivity contribution in [2.75, 3.05) is 30.1 Å². The number of halogens is 1. The van der Waals surface area contributed by atoms with E-state index in [9.17, 15) is 4.39 Å². The summed E-state index contributed by atoms with van der Waals surface area (Å²) in [5.74, 6) is 0.830. The predicted octanol–water partition coefficient (Wildman–Crippen LogP) is 2.26. The Kier molecular flexibility index (Phi) is 5.48. The van der Waals surface area contributed by atoms with Crippen molar-refractivity contribution in [3.8, 4) is 0 Å². The number of aromatic nitrogens is 2. The third kappa shape index (κ3) is 4.29. The van der Waals surface area contributed by atoms with Crippen LogP contribution in [-0.2, 0) is 11.3 Å². The number of nitrogens with one attached hydrogen (secondary N) is 2. The number of ether oxygens (including phenoxy) is 1. The highest BCUT2D eigenvalue weighted by Crippen LogP contribution is 2.23. The van der Waals surface area contributed by atoms with Crippen LogP contribution in [0, 0.1) is 5.82 Å². The van der Waals surface area contributed by atoms with Crippen LogP contribution in [0.5, 0.6) is 0 Å². The van der Waals surface area contributed by atoms with Crippen LogP contribution in [0.4, 0.5) is 21.7 Å². The number of nitrogens with zero attached hydrogens (tertiary/aromatic N) is 2. The molecule has 0 amide bonds. The van der Waals surface area contributed by atoms with Gasteiger partial charge in [0, 0.05) is 19.7 Å². The van der Waals surface area contributed by atoms with E-state index in [4.69, 9.17) is 10.5 Å². The van der Waals surface area contributed by atoms with E-state index in [-0.39, 0.29) is 11.9 Å². The number of benzene rings is 1. The molecule has 0 radical (unpaired) electrons. The van der Waals surface area contributed by atoms with E-state index < -0.39 is 0 Å². The van der Waals surface area contributed by atoms with Gasteiger partial charge in [-0.15, -0.1) is 0 Å². The van der Waals surface area contributed by atoms with Crippen LogP contribution in [0.1, 0.15) is 12.5 Å². The van der Waals surface area contributed by atoms with Crippen molar-refractivity contribution in [1.29, 1.82) is 0 Å². The fourth-order valence-corrected chi connectivity index (χ4v) is 1.96. The Morgan fingerprint density at radius 1 is 1.23 bits per heavy atom. The standard InChI is InChI=1S/C15H20FN5O/c1-10(8-22-2)21-15-13(17)14(19-9-20-15)18-7-11-3-5-12(16)6-4-11/h3-6,9-10H,7-8,17H2,1-2H3,(H2,18,19,20,21). The fraction of sp³-hybridized carbons (Fsp3) is 0.333. The van der Waals surface area contributed by atoms with Gasteiger partial charge in [0.05, 0.1) is 6.61 Å². The second-order valence-electron chi connectivity index (χ2n) is 4.97. The molecule has 0 aliphatic heterocycles. The average Bonchev–Trinajstić information content (AvgIpc) is 2.50. The number of nitrogens with two attached hydrogens (primary N) is 1. The molecule has 0 aliphatic rings. The maximum Gasteiger partial charge on any atom is 0.155 e. The lowest BCUT2D eigenvalue weighted by atomic mass is 10.2. The van der Waals surface area contributed by atoms with Gasteiger partial charge in [-0.2, -0.15) is 0 Å². The van der Waals surface area contributed by atoms with Gasteiger partial charge in [0.1, 0.15) is 17.8 Å². The van der Waals surface area contributed by atoms with E-state index in [0.717, 1.165) is 5.56 Å². The molecule has 1 heterocycles. The predicted molar refractivity (Wildman–Crippen MR) is 85.1 cm³/mol. The first-order chi connectivity index (χ1) is 10.6. The Morgan fingerprint density at radius 2 is 1.91 bits per heavy atom. The monoisotopic (exact) mass is 305 g/mol. The lowest BCUT2D eigenvalue weighted by Gasteiger charge is -2.16. The molecule has 0 aliphatic carbocycles. The summed E-state index contributed by atoms with van der Waals surface area (Å²) in [5.41, 5.74) is 7.43. The molecule has 118 valence electrons. The molecule has 2 aromatic rings. The maximum atomic E-state index is 12.9. The van der Waals surface area contributed by atoms with Crippen molar-refractivity contribution in [1.82, 2.24) is 9.97 Å². The molecule has 0 saturated heterocycles. The zero-order valence-corrected chi connectivity index (χ0v) is 12.6. The molecule has 1 unspecified atom stereocenters. The van der Waals surface area contributed by atoms with E-state index in [0.29, 0.717) is 30.5 Å². The number of nitrogen functional groups attached to an aromatic ring is 1. The Hall–Kier alpha value is -2.41. The van der Waals surface area contributed by atoms with Gasteiger partial charge < -0.3 is 21.1 Å². The minimum atomic E-state index is -0.260. The van der Waals surface area contributed by atoms with Crippen molar-refractivity contribution in [3.05, 3.63) is 42.0 Å². The van der Waals surface area contributed by atoms with Crippen LogP contribution in [0.3, 0.4) is 0 Å². The second-order valence-corrected chi connectivity index (χ2v) is 4.97. The van der Waals surface area contributed by atoms with Crippen LogP contribution in [-0.4, -0.2) is 29.7 Å². The summed E-state index contributed by atoms with van der Waals surface area (Å²) in [6, 6.07) is 6.32. The van der Waals surface area contributed by atoms with E-state index in [2.05, 4.69) is 20.6 Å². The smallest absolute Gasteiger partial charge is 0.155 e. The molecule has 0 bridgehead atoms. The summed E-state index contributed by atoms with van der Waals surface area (Å²) in [7, 11) is 1.64. The number of anilines is 3. The lowest BCUT2D eigenvalue weighted by Crippen LogP contribution is -2.22. The molecular formula is C15H20FN5O. The third-order valence-corrected chi connectivity index (χ3v) is 3.06. The second kappa shape index (κ2) is 7.56. The molecule has 1 aromatic heterocycles. The minimum absolute atomic E-state index is 0.0761. The number of rotatable bonds is 7. The quantitative estimate of drug-likeness (QED) is 0.727.